The summed E-state index contributed by atoms with van der Waals surface area (Å²) < 4.78 is 1.59. The van der Waals surface area contributed by atoms with Gasteiger partial charge in [-0.3, -0.25) is 23.8 Å². The summed E-state index contributed by atoms with van der Waals surface area (Å²) in [5.74, 6) is 0.0947. The first-order valence-electron chi connectivity index (χ1n) is 9.67. The van der Waals surface area contributed by atoms with E-state index >= 15 is 0 Å². The van der Waals surface area contributed by atoms with E-state index < -0.39 is 0 Å². The Balaban J connectivity index is 1.55. The van der Waals surface area contributed by atoms with Crippen molar-refractivity contribution >= 4 is 11.6 Å². The van der Waals surface area contributed by atoms with Crippen molar-refractivity contribution in [2.75, 3.05) is 32.7 Å². The summed E-state index contributed by atoms with van der Waals surface area (Å²) in [7, 11) is 0. The van der Waals surface area contributed by atoms with Gasteiger partial charge in [-0.05, 0) is 31.9 Å². The third-order valence-electron chi connectivity index (χ3n) is 5.10. The first-order chi connectivity index (χ1) is 12.9. The molecule has 1 amide bonds. The van der Waals surface area contributed by atoms with Crippen LogP contribution in [-0.4, -0.2) is 63.9 Å². The molecule has 2 aromatic heterocycles. The van der Waals surface area contributed by atoms with Gasteiger partial charge in [0.1, 0.15) is 5.65 Å². The van der Waals surface area contributed by atoms with Crippen LogP contribution in [0.25, 0.3) is 5.65 Å². The standard InChI is InChI=1S/C20H29N5O2/c1-4-16(3)21-19(26)14-24-9-7-23(8-10-24)13-17-11-20(27)25-12-15(2)5-6-18(25)22-17/h5-6,11-12,16H,4,7-10,13-14H2,1-3H3,(H,21,26). The molecule has 1 N–H and O–H groups in total. The number of carbonyl (C=O) groups is 1. The van der Waals surface area contributed by atoms with Crippen molar-refractivity contribution in [2.45, 2.75) is 39.8 Å². The van der Waals surface area contributed by atoms with Crippen LogP contribution in [0.3, 0.4) is 0 Å². The van der Waals surface area contributed by atoms with Gasteiger partial charge in [0, 0.05) is 51.0 Å². The van der Waals surface area contributed by atoms with E-state index in [4.69, 9.17) is 0 Å². The third-order valence-corrected chi connectivity index (χ3v) is 5.10. The molecular formula is C20H29N5O2. The van der Waals surface area contributed by atoms with E-state index in [1.807, 2.05) is 32.2 Å². The van der Waals surface area contributed by atoms with Crippen LogP contribution in [-0.2, 0) is 11.3 Å². The van der Waals surface area contributed by atoms with Gasteiger partial charge in [-0.2, -0.15) is 0 Å². The number of amides is 1. The fourth-order valence-corrected chi connectivity index (χ4v) is 3.30. The monoisotopic (exact) mass is 371 g/mol. The zero-order valence-electron chi connectivity index (χ0n) is 16.4. The summed E-state index contributed by atoms with van der Waals surface area (Å²) in [5.41, 5.74) is 2.47. The van der Waals surface area contributed by atoms with Crippen molar-refractivity contribution in [3.8, 4) is 0 Å². The van der Waals surface area contributed by atoms with Gasteiger partial charge in [-0.25, -0.2) is 4.98 Å². The highest BCUT2D eigenvalue weighted by Gasteiger charge is 2.20. The molecule has 7 nitrogen and oxygen atoms in total. The Morgan fingerprint density at radius 3 is 2.63 bits per heavy atom. The number of rotatable bonds is 6. The Bertz CT molecular complexity index is 855. The summed E-state index contributed by atoms with van der Waals surface area (Å²) in [6, 6.07) is 5.70. The molecule has 7 heteroatoms. The Morgan fingerprint density at radius 2 is 1.93 bits per heavy atom. The fraction of sp³-hybridized carbons (Fsp3) is 0.550. The van der Waals surface area contributed by atoms with E-state index in [0.29, 0.717) is 18.7 Å². The fourth-order valence-electron chi connectivity index (χ4n) is 3.30. The number of hydrogen-bond acceptors (Lipinski definition) is 5. The van der Waals surface area contributed by atoms with E-state index in [-0.39, 0.29) is 17.5 Å². The van der Waals surface area contributed by atoms with Gasteiger partial charge in [0.05, 0.1) is 12.2 Å². The summed E-state index contributed by atoms with van der Waals surface area (Å²) in [5, 5.41) is 3.01. The molecule has 3 heterocycles. The van der Waals surface area contributed by atoms with Crippen LogP contribution < -0.4 is 10.9 Å². The molecular weight excluding hydrogens is 342 g/mol. The highest BCUT2D eigenvalue weighted by atomic mass is 16.2. The molecule has 0 spiro atoms. The predicted octanol–water partition coefficient (Wildman–Crippen LogP) is 1.04. The minimum absolute atomic E-state index is 0.0425. The van der Waals surface area contributed by atoms with Gasteiger partial charge < -0.3 is 5.32 Å². The maximum atomic E-state index is 12.3. The third kappa shape index (κ3) is 5.14. The molecule has 27 heavy (non-hydrogen) atoms. The van der Waals surface area contributed by atoms with Crippen LogP contribution >= 0.6 is 0 Å². The Morgan fingerprint density at radius 1 is 1.22 bits per heavy atom. The molecule has 1 aliphatic rings. The van der Waals surface area contributed by atoms with Crippen molar-refractivity contribution in [1.29, 1.82) is 0 Å². The molecule has 1 atom stereocenters. The van der Waals surface area contributed by atoms with Crippen LogP contribution in [0.2, 0.25) is 0 Å². The molecule has 2 aromatic rings. The minimum Gasteiger partial charge on any atom is -0.353 e. The van der Waals surface area contributed by atoms with Crippen molar-refractivity contribution in [1.82, 2.24) is 24.5 Å². The lowest BCUT2D eigenvalue weighted by Gasteiger charge is -2.34. The molecule has 1 saturated heterocycles. The summed E-state index contributed by atoms with van der Waals surface area (Å²) >= 11 is 0. The molecule has 146 valence electrons. The summed E-state index contributed by atoms with van der Waals surface area (Å²) in [6.45, 7) is 10.6. The van der Waals surface area contributed by atoms with Crippen LogP contribution in [0.15, 0.2) is 29.2 Å². The van der Waals surface area contributed by atoms with Crippen LogP contribution in [0, 0.1) is 6.92 Å². The Kier molecular flexibility index (Phi) is 6.23. The number of nitrogens with zero attached hydrogens (tertiary/aromatic N) is 4. The van der Waals surface area contributed by atoms with E-state index in [0.717, 1.165) is 43.9 Å². The van der Waals surface area contributed by atoms with Crippen molar-refractivity contribution in [3.63, 3.8) is 0 Å². The first kappa shape index (κ1) is 19.5. The van der Waals surface area contributed by atoms with Crippen molar-refractivity contribution < 1.29 is 4.79 Å². The molecule has 1 fully saturated rings. The Hall–Kier alpha value is -2.25. The summed E-state index contributed by atoms with van der Waals surface area (Å²) in [6.07, 6.45) is 2.76. The van der Waals surface area contributed by atoms with Gasteiger partial charge in [0.15, 0.2) is 0 Å². The molecule has 0 saturated carbocycles. The number of pyridine rings is 1. The van der Waals surface area contributed by atoms with Gasteiger partial charge >= 0.3 is 0 Å². The highest BCUT2D eigenvalue weighted by Crippen LogP contribution is 2.08. The summed E-state index contributed by atoms with van der Waals surface area (Å²) in [4.78, 5) is 33.4. The molecule has 0 radical (unpaired) electrons. The molecule has 1 unspecified atom stereocenters. The number of piperazine rings is 1. The quantitative estimate of drug-likeness (QED) is 0.822. The molecule has 3 rings (SSSR count). The zero-order chi connectivity index (χ0) is 19.4. The van der Waals surface area contributed by atoms with Crippen molar-refractivity contribution in [2.24, 2.45) is 0 Å². The average Bonchev–Trinajstić information content (AvgIpc) is 2.64. The lowest BCUT2D eigenvalue weighted by Crippen LogP contribution is -2.50. The second-order valence-electron chi connectivity index (χ2n) is 7.45. The maximum Gasteiger partial charge on any atom is 0.258 e. The zero-order valence-corrected chi connectivity index (χ0v) is 16.4. The lowest BCUT2D eigenvalue weighted by atomic mass is 10.2. The van der Waals surface area contributed by atoms with E-state index in [1.165, 1.54) is 0 Å². The first-order valence-corrected chi connectivity index (χ1v) is 9.67. The van der Waals surface area contributed by atoms with Crippen LogP contribution in [0.1, 0.15) is 31.5 Å². The largest absolute Gasteiger partial charge is 0.353 e. The lowest BCUT2D eigenvalue weighted by molar-refractivity contribution is -0.123. The second-order valence-corrected chi connectivity index (χ2v) is 7.45. The Labute approximate surface area is 160 Å². The average molecular weight is 371 g/mol. The minimum atomic E-state index is -0.0425. The molecule has 0 bridgehead atoms. The highest BCUT2D eigenvalue weighted by molar-refractivity contribution is 5.78. The number of hydrogen-bond donors (Lipinski definition) is 1. The smallest absolute Gasteiger partial charge is 0.258 e. The van der Waals surface area contributed by atoms with E-state index in [9.17, 15) is 9.59 Å². The number of nitrogens with one attached hydrogen (secondary N) is 1. The van der Waals surface area contributed by atoms with Crippen LogP contribution in [0.5, 0.6) is 0 Å². The number of fused-ring (bicyclic) bond motifs is 1. The van der Waals surface area contributed by atoms with Gasteiger partial charge in [-0.1, -0.05) is 13.0 Å². The second kappa shape index (κ2) is 8.63. The van der Waals surface area contributed by atoms with Gasteiger partial charge in [0.25, 0.3) is 5.56 Å². The molecule has 0 aliphatic carbocycles. The normalized spacial score (nSPS) is 17.1. The topological polar surface area (TPSA) is 70.0 Å². The molecule has 0 aromatic carbocycles. The number of aromatic nitrogens is 2. The number of carbonyl (C=O) groups excluding carboxylic acids is 1. The van der Waals surface area contributed by atoms with Gasteiger partial charge in [0.2, 0.25) is 5.91 Å². The van der Waals surface area contributed by atoms with Gasteiger partial charge in [-0.15, -0.1) is 0 Å². The van der Waals surface area contributed by atoms with E-state index in [2.05, 4.69) is 27.0 Å². The van der Waals surface area contributed by atoms with E-state index in [1.54, 1.807) is 10.5 Å². The SMILES string of the molecule is CCC(C)NC(=O)CN1CCN(Cc2cc(=O)n3cc(C)ccc3n2)CC1. The van der Waals surface area contributed by atoms with Crippen molar-refractivity contribution in [3.05, 3.63) is 46.0 Å². The number of aryl methyl sites for hydroxylation is 1. The predicted molar refractivity (Wildman–Crippen MR) is 106 cm³/mol. The molecule has 1 aliphatic heterocycles. The maximum absolute atomic E-state index is 12.3. The van der Waals surface area contributed by atoms with Crippen LogP contribution in [0.4, 0.5) is 0 Å².